The van der Waals surface area contributed by atoms with Crippen LogP contribution < -0.4 is 5.32 Å². The van der Waals surface area contributed by atoms with Gasteiger partial charge in [-0.15, -0.1) is 0 Å². The third-order valence-electron chi connectivity index (χ3n) is 4.40. The standard InChI is InChI=1S/C14H24N2O3/c17-13(18)12-6-8-16(9-7-12)14(19)15-10-11-4-2-1-3-5-11/h11-12H,1-10H2,(H,15,19)(H,17,18). The van der Waals surface area contributed by atoms with Crippen molar-refractivity contribution >= 4 is 12.0 Å². The largest absolute Gasteiger partial charge is 0.481 e. The molecule has 0 unspecified atom stereocenters. The van der Waals surface area contributed by atoms with Crippen LogP contribution in [0.15, 0.2) is 0 Å². The zero-order valence-electron chi connectivity index (χ0n) is 11.4. The van der Waals surface area contributed by atoms with E-state index in [1.54, 1.807) is 4.90 Å². The van der Waals surface area contributed by atoms with Crippen molar-refractivity contribution in [2.75, 3.05) is 19.6 Å². The molecule has 0 atom stereocenters. The third-order valence-corrected chi connectivity index (χ3v) is 4.40. The zero-order chi connectivity index (χ0) is 13.7. The van der Waals surface area contributed by atoms with Crippen molar-refractivity contribution in [2.24, 2.45) is 11.8 Å². The first-order valence-corrected chi connectivity index (χ1v) is 7.42. The Labute approximate surface area is 114 Å². The minimum Gasteiger partial charge on any atom is -0.481 e. The molecule has 0 bridgehead atoms. The summed E-state index contributed by atoms with van der Waals surface area (Å²) in [6, 6.07) is -0.0191. The van der Waals surface area contributed by atoms with E-state index in [0.29, 0.717) is 31.8 Å². The van der Waals surface area contributed by atoms with Crippen LogP contribution in [0.25, 0.3) is 0 Å². The summed E-state index contributed by atoms with van der Waals surface area (Å²) >= 11 is 0. The summed E-state index contributed by atoms with van der Waals surface area (Å²) in [6.45, 7) is 1.90. The summed E-state index contributed by atoms with van der Waals surface area (Å²) < 4.78 is 0. The molecule has 2 amide bonds. The smallest absolute Gasteiger partial charge is 0.317 e. The fourth-order valence-electron chi connectivity index (χ4n) is 3.06. The molecular weight excluding hydrogens is 244 g/mol. The lowest BCUT2D eigenvalue weighted by molar-refractivity contribution is -0.143. The Morgan fingerprint density at radius 1 is 1.05 bits per heavy atom. The van der Waals surface area contributed by atoms with Crippen LogP contribution in [0.2, 0.25) is 0 Å². The van der Waals surface area contributed by atoms with E-state index >= 15 is 0 Å². The summed E-state index contributed by atoms with van der Waals surface area (Å²) in [5.41, 5.74) is 0. The molecule has 0 spiro atoms. The average molecular weight is 268 g/mol. The topological polar surface area (TPSA) is 69.6 Å². The van der Waals surface area contributed by atoms with Crippen LogP contribution in [-0.4, -0.2) is 41.6 Å². The third kappa shape index (κ3) is 4.11. The molecule has 5 nitrogen and oxygen atoms in total. The number of amides is 2. The number of urea groups is 1. The van der Waals surface area contributed by atoms with Crippen molar-refractivity contribution in [3.05, 3.63) is 0 Å². The normalized spacial score (nSPS) is 22.2. The molecule has 0 aromatic heterocycles. The molecule has 2 fully saturated rings. The lowest BCUT2D eigenvalue weighted by Gasteiger charge is -2.31. The molecule has 2 N–H and O–H groups in total. The van der Waals surface area contributed by atoms with E-state index < -0.39 is 5.97 Å². The average Bonchev–Trinajstić information content (AvgIpc) is 2.46. The SMILES string of the molecule is O=C(O)C1CCN(C(=O)NCC2CCCCC2)CC1. The molecule has 1 heterocycles. The Hall–Kier alpha value is -1.26. The molecule has 108 valence electrons. The van der Waals surface area contributed by atoms with Crippen molar-refractivity contribution in [3.8, 4) is 0 Å². The van der Waals surface area contributed by atoms with Crippen molar-refractivity contribution in [2.45, 2.75) is 44.9 Å². The van der Waals surface area contributed by atoms with Gasteiger partial charge < -0.3 is 15.3 Å². The monoisotopic (exact) mass is 268 g/mol. The first-order valence-electron chi connectivity index (χ1n) is 7.42. The molecule has 0 aromatic carbocycles. The van der Waals surface area contributed by atoms with Crippen LogP contribution >= 0.6 is 0 Å². The number of carboxylic acids is 1. The molecule has 2 aliphatic rings. The second-order valence-corrected chi connectivity index (χ2v) is 5.79. The van der Waals surface area contributed by atoms with Gasteiger partial charge in [0.25, 0.3) is 0 Å². The van der Waals surface area contributed by atoms with Crippen LogP contribution in [0, 0.1) is 11.8 Å². The number of hydrogen-bond acceptors (Lipinski definition) is 2. The first kappa shape index (κ1) is 14.2. The molecular formula is C14H24N2O3. The predicted molar refractivity (Wildman–Crippen MR) is 71.9 cm³/mol. The Morgan fingerprint density at radius 3 is 2.26 bits per heavy atom. The van der Waals surface area contributed by atoms with Crippen LogP contribution in [0.5, 0.6) is 0 Å². The fourth-order valence-corrected chi connectivity index (χ4v) is 3.06. The number of carboxylic acid groups (broad SMARTS) is 1. The summed E-state index contributed by atoms with van der Waals surface area (Å²) in [6.07, 6.45) is 7.49. The minimum atomic E-state index is -0.734. The first-order chi connectivity index (χ1) is 9.16. The van der Waals surface area contributed by atoms with Gasteiger partial charge in [-0.2, -0.15) is 0 Å². The number of carbonyl (C=O) groups is 2. The molecule has 2 rings (SSSR count). The molecule has 0 radical (unpaired) electrons. The van der Waals surface area contributed by atoms with E-state index in [0.717, 1.165) is 6.54 Å². The predicted octanol–water partition coefficient (Wildman–Crippen LogP) is 2.07. The van der Waals surface area contributed by atoms with Crippen molar-refractivity contribution in [3.63, 3.8) is 0 Å². The van der Waals surface area contributed by atoms with Crippen LogP contribution in [0.4, 0.5) is 4.79 Å². The number of carbonyl (C=O) groups excluding carboxylic acids is 1. The van der Waals surface area contributed by atoms with Gasteiger partial charge >= 0.3 is 12.0 Å². The van der Waals surface area contributed by atoms with Crippen LogP contribution in [0.1, 0.15) is 44.9 Å². The van der Waals surface area contributed by atoms with Crippen LogP contribution in [0.3, 0.4) is 0 Å². The van der Waals surface area contributed by atoms with E-state index in [9.17, 15) is 9.59 Å². The summed E-state index contributed by atoms with van der Waals surface area (Å²) in [7, 11) is 0. The van der Waals surface area contributed by atoms with Gasteiger partial charge in [0.1, 0.15) is 0 Å². The van der Waals surface area contributed by atoms with Gasteiger partial charge in [0.15, 0.2) is 0 Å². The van der Waals surface area contributed by atoms with Crippen molar-refractivity contribution < 1.29 is 14.7 Å². The minimum absolute atomic E-state index is 0.0191. The Morgan fingerprint density at radius 2 is 1.68 bits per heavy atom. The highest BCUT2D eigenvalue weighted by atomic mass is 16.4. The molecule has 0 aromatic rings. The van der Waals surface area contributed by atoms with Gasteiger partial charge in [-0.05, 0) is 31.6 Å². The molecule has 1 aliphatic heterocycles. The highest BCUT2D eigenvalue weighted by Gasteiger charge is 2.27. The van der Waals surface area contributed by atoms with E-state index in [2.05, 4.69) is 5.32 Å². The number of nitrogens with zero attached hydrogens (tertiary/aromatic N) is 1. The molecule has 1 saturated heterocycles. The van der Waals surface area contributed by atoms with E-state index in [1.165, 1.54) is 32.1 Å². The number of piperidine rings is 1. The quantitative estimate of drug-likeness (QED) is 0.823. The Kier molecular flexibility index (Phi) is 5.05. The second-order valence-electron chi connectivity index (χ2n) is 5.79. The van der Waals surface area contributed by atoms with Crippen molar-refractivity contribution in [1.82, 2.24) is 10.2 Å². The molecule has 1 aliphatic carbocycles. The number of nitrogens with one attached hydrogen (secondary N) is 1. The van der Waals surface area contributed by atoms with Crippen LogP contribution in [-0.2, 0) is 4.79 Å². The summed E-state index contributed by atoms with van der Waals surface area (Å²) in [4.78, 5) is 24.6. The fraction of sp³-hybridized carbons (Fsp3) is 0.857. The maximum atomic E-state index is 12.0. The van der Waals surface area contributed by atoms with E-state index in [-0.39, 0.29) is 11.9 Å². The highest BCUT2D eigenvalue weighted by Crippen LogP contribution is 2.23. The Bertz CT molecular complexity index is 319. The van der Waals surface area contributed by atoms with Gasteiger partial charge in [-0.3, -0.25) is 4.79 Å². The maximum absolute atomic E-state index is 12.0. The zero-order valence-corrected chi connectivity index (χ0v) is 11.4. The summed E-state index contributed by atoms with van der Waals surface area (Å²) in [5.74, 6) is -0.376. The number of likely N-dealkylation sites (tertiary alicyclic amines) is 1. The Balaban J connectivity index is 1.67. The van der Waals surface area contributed by atoms with Gasteiger partial charge in [-0.25, -0.2) is 4.79 Å². The summed E-state index contributed by atoms with van der Waals surface area (Å²) in [5, 5.41) is 11.9. The number of rotatable bonds is 3. The van der Waals surface area contributed by atoms with Gasteiger partial charge in [-0.1, -0.05) is 19.3 Å². The van der Waals surface area contributed by atoms with Gasteiger partial charge in [0, 0.05) is 19.6 Å². The van der Waals surface area contributed by atoms with Gasteiger partial charge in [0.2, 0.25) is 0 Å². The van der Waals surface area contributed by atoms with Crippen molar-refractivity contribution in [1.29, 1.82) is 0 Å². The lowest BCUT2D eigenvalue weighted by atomic mass is 9.89. The van der Waals surface area contributed by atoms with E-state index in [1.807, 2.05) is 0 Å². The number of aliphatic carboxylic acids is 1. The highest BCUT2D eigenvalue weighted by molar-refractivity contribution is 5.75. The number of hydrogen-bond donors (Lipinski definition) is 2. The molecule has 5 heteroatoms. The molecule has 1 saturated carbocycles. The second kappa shape index (κ2) is 6.78. The lowest BCUT2D eigenvalue weighted by Crippen LogP contribution is -2.46. The maximum Gasteiger partial charge on any atom is 0.317 e. The van der Waals surface area contributed by atoms with Gasteiger partial charge in [0.05, 0.1) is 5.92 Å². The van der Waals surface area contributed by atoms with E-state index in [4.69, 9.17) is 5.11 Å². The molecule has 19 heavy (non-hydrogen) atoms.